The predicted octanol–water partition coefficient (Wildman–Crippen LogP) is 5.57. The van der Waals surface area contributed by atoms with E-state index in [1.165, 1.54) is 31.2 Å². The van der Waals surface area contributed by atoms with Crippen molar-refractivity contribution in [1.29, 1.82) is 0 Å². The molecule has 1 aliphatic rings. The second-order valence-corrected chi connectivity index (χ2v) is 8.33. The third kappa shape index (κ3) is 3.46. The highest BCUT2D eigenvalue weighted by atomic mass is 35.5. The summed E-state index contributed by atoms with van der Waals surface area (Å²) in [7, 11) is 0. The number of halogens is 1. The molecule has 1 N–H and O–H groups in total. The van der Waals surface area contributed by atoms with Gasteiger partial charge in [-0.2, -0.15) is 0 Å². The van der Waals surface area contributed by atoms with Gasteiger partial charge in [-0.05, 0) is 50.7 Å². The zero-order valence-corrected chi connectivity index (χ0v) is 15.0. The van der Waals surface area contributed by atoms with E-state index in [0.29, 0.717) is 5.41 Å². The van der Waals surface area contributed by atoms with E-state index in [1.807, 2.05) is 12.1 Å². The summed E-state index contributed by atoms with van der Waals surface area (Å²) in [6.07, 6.45) is 5.04. The van der Waals surface area contributed by atoms with Crippen molar-refractivity contribution in [2.24, 2.45) is 5.41 Å². The third-order valence-corrected chi connectivity index (χ3v) is 5.66. The minimum atomic E-state index is 0.144. The first kappa shape index (κ1) is 16.8. The monoisotopic (exact) mass is 307 g/mol. The van der Waals surface area contributed by atoms with Crippen molar-refractivity contribution in [3.8, 4) is 0 Å². The van der Waals surface area contributed by atoms with Gasteiger partial charge in [-0.1, -0.05) is 56.5 Å². The first-order valence-corrected chi connectivity index (χ1v) is 8.64. The molecule has 0 aliphatic heterocycles. The summed E-state index contributed by atoms with van der Waals surface area (Å²) in [4.78, 5) is 0. The molecule has 0 aromatic heterocycles. The third-order valence-electron chi connectivity index (χ3n) is 5.33. The first-order chi connectivity index (χ1) is 9.76. The molecule has 0 spiro atoms. The molecule has 2 heteroatoms. The molecule has 0 amide bonds. The number of hydrogen-bond donors (Lipinski definition) is 1. The van der Waals surface area contributed by atoms with Crippen LogP contribution in [0.15, 0.2) is 24.3 Å². The van der Waals surface area contributed by atoms with Gasteiger partial charge in [-0.15, -0.1) is 0 Å². The molecule has 1 aliphatic carbocycles. The van der Waals surface area contributed by atoms with Crippen molar-refractivity contribution in [2.45, 2.75) is 71.3 Å². The molecule has 0 radical (unpaired) electrons. The lowest BCUT2D eigenvalue weighted by molar-refractivity contribution is 0.00949. The normalized spacial score (nSPS) is 20.1. The molecule has 21 heavy (non-hydrogen) atoms. The van der Waals surface area contributed by atoms with Gasteiger partial charge >= 0.3 is 0 Å². The quantitative estimate of drug-likeness (QED) is 0.750. The van der Waals surface area contributed by atoms with Gasteiger partial charge in [-0.25, -0.2) is 0 Å². The van der Waals surface area contributed by atoms with E-state index < -0.39 is 0 Å². The maximum Gasteiger partial charge on any atom is 0.0444 e. The fourth-order valence-electron chi connectivity index (χ4n) is 3.87. The highest BCUT2D eigenvalue weighted by Gasteiger charge is 2.53. The van der Waals surface area contributed by atoms with E-state index in [9.17, 15) is 0 Å². The van der Waals surface area contributed by atoms with Gasteiger partial charge in [0.05, 0.1) is 0 Å². The number of nitrogens with one attached hydrogen (secondary N) is 1. The minimum absolute atomic E-state index is 0.144. The molecule has 2 rings (SSSR count). The van der Waals surface area contributed by atoms with Crippen LogP contribution in [-0.4, -0.2) is 12.1 Å². The molecule has 1 aromatic rings. The number of hydrogen-bond acceptors (Lipinski definition) is 1. The maximum absolute atomic E-state index is 6.52. The average molecular weight is 308 g/mol. The predicted molar refractivity (Wildman–Crippen MR) is 93.1 cm³/mol. The fraction of sp³-hybridized carbons (Fsp3) is 0.684. The van der Waals surface area contributed by atoms with Gasteiger partial charge in [0.2, 0.25) is 0 Å². The van der Waals surface area contributed by atoms with Crippen molar-refractivity contribution >= 4 is 11.6 Å². The van der Waals surface area contributed by atoms with Crippen LogP contribution >= 0.6 is 11.6 Å². The van der Waals surface area contributed by atoms with Crippen molar-refractivity contribution in [3.05, 3.63) is 34.9 Å². The van der Waals surface area contributed by atoms with Gasteiger partial charge < -0.3 is 5.32 Å². The Hall–Kier alpha value is -0.530. The Morgan fingerprint density at radius 1 is 1.10 bits per heavy atom. The molecule has 0 unspecified atom stereocenters. The molecule has 0 atom stereocenters. The Balaban J connectivity index is 2.27. The van der Waals surface area contributed by atoms with E-state index in [0.717, 1.165) is 11.6 Å². The minimum Gasteiger partial charge on any atom is -0.311 e. The van der Waals surface area contributed by atoms with Gasteiger partial charge in [-0.3, -0.25) is 0 Å². The van der Waals surface area contributed by atoms with Crippen LogP contribution in [0.1, 0.15) is 65.9 Å². The Kier molecular flexibility index (Phi) is 4.75. The molecule has 118 valence electrons. The topological polar surface area (TPSA) is 12.0 Å². The van der Waals surface area contributed by atoms with Gasteiger partial charge in [0, 0.05) is 22.5 Å². The van der Waals surface area contributed by atoms with E-state index in [-0.39, 0.29) is 11.0 Å². The first-order valence-electron chi connectivity index (χ1n) is 8.26. The smallest absolute Gasteiger partial charge is 0.0444 e. The molecule has 0 saturated heterocycles. The van der Waals surface area contributed by atoms with Crippen molar-refractivity contribution in [1.82, 2.24) is 5.32 Å². The fourth-order valence-corrected chi connectivity index (χ4v) is 4.21. The maximum atomic E-state index is 6.52. The summed E-state index contributed by atoms with van der Waals surface area (Å²) < 4.78 is 0. The molecule has 1 fully saturated rings. The van der Waals surface area contributed by atoms with Gasteiger partial charge in [0.15, 0.2) is 0 Å². The Bertz CT molecular complexity index is 475. The Morgan fingerprint density at radius 2 is 1.67 bits per heavy atom. The summed E-state index contributed by atoms with van der Waals surface area (Å²) >= 11 is 6.52. The zero-order valence-electron chi connectivity index (χ0n) is 14.2. The zero-order chi connectivity index (χ0) is 15.7. The van der Waals surface area contributed by atoms with Gasteiger partial charge in [0.1, 0.15) is 0 Å². The SMILES string of the molecule is CCC1(CC)CC(CNC(C)(C)C)(c2ccccc2Cl)C1. The second-order valence-electron chi connectivity index (χ2n) is 7.92. The summed E-state index contributed by atoms with van der Waals surface area (Å²) in [5.41, 5.74) is 2.20. The van der Waals surface area contributed by atoms with Crippen LogP contribution in [0.2, 0.25) is 5.02 Å². The lowest BCUT2D eigenvalue weighted by atomic mass is 9.48. The van der Waals surface area contributed by atoms with Crippen LogP contribution in [0, 0.1) is 5.41 Å². The summed E-state index contributed by atoms with van der Waals surface area (Å²) in [6.45, 7) is 12.4. The molecule has 0 bridgehead atoms. The van der Waals surface area contributed by atoms with Crippen LogP contribution in [0.5, 0.6) is 0 Å². The summed E-state index contributed by atoms with van der Waals surface area (Å²) in [6, 6.07) is 8.41. The second kappa shape index (κ2) is 5.93. The van der Waals surface area contributed by atoms with Crippen LogP contribution in [-0.2, 0) is 5.41 Å². The molecule has 1 aromatic carbocycles. The molecular weight excluding hydrogens is 278 g/mol. The largest absolute Gasteiger partial charge is 0.311 e. The molecular formula is C19H30ClN. The summed E-state index contributed by atoms with van der Waals surface area (Å²) in [5, 5.41) is 4.64. The number of benzene rings is 1. The Labute approximate surface area is 135 Å². The van der Waals surface area contributed by atoms with E-state index in [2.05, 4.69) is 52.1 Å². The van der Waals surface area contributed by atoms with Crippen molar-refractivity contribution < 1.29 is 0 Å². The van der Waals surface area contributed by atoms with E-state index >= 15 is 0 Å². The van der Waals surface area contributed by atoms with Crippen molar-refractivity contribution in [2.75, 3.05) is 6.54 Å². The standard InChI is InChI=1S/C19H30ClN/c1-6-18(7-2)12-19(13-18,14-21-17(3,4)5)15-10-8-9-11-16(15)20/h8-11,21H,6-7,12-14H2,1-5H3. The lowest BCUT2D eigenvalue weighted by Gasteiger charge is -2.57. The van der Waals surface area contributed by atoms with E-state index in [4.69, 9.17) is 11.6 Å². The van der Waals surface area contributed by atoms with E-state index in [1.54, 1.807) is 0 Å². The lowest BCUT2D eigenvalue weighted by Crippen LogP contribution is -2.57. The van der Waals surface area contributed by atoms with Crippen LogP contribution < -0.4 is 5.32 Å². The summed E-state index contributed by atoms with van der Waals surface area (Å²) in [5.74, 6) is 0. The Morgan fingerprint density at radius 3 is 2.14 bits per heavy atom. The highest BCUT2D eigenvalue weighted by Crippen LogP contribution is 2.60. The molecule has 1 saturated carbocycles. The molecule has 0 heterocycles. The number of rotatable bonds is 5. The molecule has 1 nitrogen and oxygen atoms in total. The average Bonchev–Trinajstić information content (AvgIpc) is 2.39. The highest BCUT2D eigenvalue weighted by molar-refractivity contribution is 6.31. The van der Waals surface area contributed by atoms with Crippen LogP contribution in [0.25, 0.3) is 0 Å². The van der Waals surface area contributed by atoms with Crippen LogP contribution in [0.3, 0.4) is 0 Å². The van der Waals surface area contributed by atoms with Crippen molar-refractivity contribution in [3.63, 3.8) is 0 Å². The van der Waals surface area contributed by atoms with Crippen LogP contribution in [0.4, 0.5) is 0 Å². The van der Waals surface area contributed by atoms with Gasteiger partial charge in [0.25, 0.3) is 0 Å².